The molecule has 0 bridgehead atoms. The van der Waals surface area contributed by atoms with Gasteiger partial charge in [-0.05, 0) is 51.7 Å². The monoisotopic (exact) mass is 339 g/mol. The Labute approximate surface area is 144 Å². The molecule has 5 heteroatoms. The summed E-state index contributed by atoms with van der Waals surface area (Å²) in [5, 5.41) is 12.9. The van der Waals surface area contributed by atoms with E-state index in [1.165, 1.54) is 5.56 Å². The normalized spacial score (nSPS) is 14.2. The van der Waals surface area contributed by atoms with E-state index in [-0.39, 0.29) is 6.61 Å². The van der Waals surface area contributed by atoms with E-state index < -0.39 is 17.1 Å². The molecule has 1 aromatic rings. The molecular weight excluding hydrogens is 310 g/mol. The molecule has 0 saturated carbocycles. The minimum Gasteiger partial charge on any atom is -0.444 e. The van der Waals surface area contributed by atoms with Crippen molar-refractivity contribution in [2.24, 2.45) is 0 Å². The number of hydrogen-bond acceptors (Lipinski definition) is 4. The van der Waals surface area contributed by atoms with Crippen LogP contribution < -0.4 is 5.32 Å². The van der Waals surface area contributed by atoms with Crippen molar-refractivity contribution in [2.75, 3.05) is 25.2 Å². The van der Waals surface area contributed by atoms with Gasteiger partial charge < -0.3 is 15.2 Å². The van der Waals surface area contributed by atoms with Crippen LogP contribution in [0.4, 0.5) is 4.79 Å². The number of aryl methyl sites for hydroxylation is 1. The van der Waals surface area contributed by atoms with E-state index in [0.29, 0.717) is 6.54 Å². The first kappa shape index (κ1) is 19.8. The van der Waals surface area contributed by atoms with Crippen molar-refractivity contribution in [3.05, 3.63) is 35.4 Å². The van der Waals surface area contributed by atoms with Crippen molar-refractivity contribution in [1.29, 1.82) is 0 Å². The number of hydrogen-bond donors (Lipinski definition) is 2. The molecule has 0 fully saturated rings. The predicted molar refractivity (Wildman–Crippen MR) is 97.2 cm³/mol. The zero-order valence-electron chi connectivity index (χ0n) is 14.8. The van der Waals surface area contributed by atoms with Gasteiger partial charge in [0.25, 0.3) is 0 Å². The molecule has 0 saturated heterocycles. The van der Waals surface area contributed by atoms with E-state index in [0.717, 1.165) is 17.7 Å². The number of amides is 1. The summed E-state index contributed by atoms with van der Waals surface area (Å²) in [5.41, 5.74) is 1.18. The van der Waals surface area contributed by atoms with Crippen LogP contribution in [0, 0.1) is 6.92 Å². The number of thioether (sulfide) groups is 1. The van der Waals surface area contributed by atoms with E-state index in [1.54, 1.807) is 11.8 Å². The molecule has 1 atom stereocenters. The Bertz CT molecular complexity index is 496. The molecule has 0 heterocycles. The molecule has 0 spiro atoms. The van der Waals surface area contributed by atoms with Crippen molar-refractivity contribution < 1.29 is 14.6 Å². The molecule has 0 aliphatic heterocycles. The van der Waals surface area contributed by atoms with Gasteiger partial charge in [0.2, 0.25) is 0 Å². The van der Waals surface area contributed by atoms with Gasteiger partial charge in [-0.1, -0.05) is 29.8 Å². The molecule has 1 rings (SSSR count). The molecule has 2 N–H and O–H groups in total. The third-order valence-corrected chi connectivity index (χ3v) is 4.33. The number of aliphatic hydroxyl groups is 1. The summed E-state index contributed by atoms with van der Waals surface area (Å²) < 4.78 is 5.30. The fraction of sp³-hybridized carbons (Fsp3) is 0.611. The lowest BCUT2D eigenvalue weighted by molar-refractivity contribution is 0.0502. The van der Waals surface area contributed by atoms with Crippen molar-refractivity contribution in [3.8, 4) is 0 Å². The van der Waals surface area contributed by atoms with Gasteiger partial charge in [0.15, 0.2) is 0 Å². The molecule has 4 nitrogen and oxygen atoms in total. The van der Waals surface area contributed by atoms with Gasteiger partial charge >= 0.3 is 6.09 Å². The maximum absolute atomic E-state index is 12.0. The second kappa shape index (κ2) is 8.60. The number of aliphatic hydroxyl groups excluding tert-OH is 1. The smallest absolute Gasteiger partial charge is 0.407 e. The van der Waals surface area contributed by atoms with Crippen LogP contribution in [-0.2, 0) is 10.2 Å². The highest BCUT2D eigenvalue weighted by atomic mass is 32.2. The van der Waals surface area contributed by atoms with E-state index in [9.17, 15) is 9.90 Å². The SMILES string of the molecule is CSCCC(CO)(CNC(=O)OC(C)(C)C)c1ccc(C)cc1. The van der Waals surface area contributed by atoms with Crippen LogP contribution in [0.25, 0.3) is 0 Å². The van der Waals surface area contributed by atoms with Crippen LogP contribution in [0.3, 0.4) is 0 Å². The first-order chi connectivity index (χ1) is 10.7. The van der Waals surface area contributed by atoms with Crippen LogP contribution in [0.5, 0.6) is 0 Å². The van der Waals surface area contributed by atoms with Crippen LogP contribution >= 0.6 is 11.8 Å². The molecule has 23 heavy (non-hydrogen) atoms. The number of rotatable bonds is 7. The molecule has 1 aromatic carbocycles. The molecular formula is C18H29NO3S. The van der Waals surface area contributed by atoms with E-state index in [1.807, 2.05) is 58.2 Å². The summed E-state index contributed by atoms with van der Waals surface area (Å²) >= 11 is 1.73. The van der Waals surface area contributed by atoms with Gasteiger partial charge in [-0.3, -0.25) is 0 Å². The third kappa shape index (κ3) is 6.43. The minimum atomic E-state index is -0.533. The number of carbonyl (C=O) groups is 1. The van der Waals surface area contributed by atoms with Gasteiger partial charge in [0.1, 0.15) is 5.60 Å². The van der Waals surface area contributed by atoms with Crippen molar-refractivity contribution in [3.63, 3.8) is 0 Å². The fourth-order valence-corrected chi connectivity index (χ4v) is 2.92. The summed E-state index contributed by atoms with van der Waals surface area (Å²) in [6.07, 6.45) is 2.37. The molecule has 0 aliphatic carbocycles. The Hall–Kier alpha value is -1.20. The number of benzene rings is 1. The maximum atomic E-state index is 12.0. The topological polar surface area (TPSA) is 58.6 Å². The van der Waals surface area contributed by atoms with Crippen molar-refractivity contribution >= 4 is 17.9 Å². The quantitative estimate of drug-likeness (QED) is 0.798. The minimum absolute atomic E-state index is 0.0214. The molecule has 1 amide bonds. The van der Waals surface area contributed by atoms with Crippen molar-refractivity contribution in [2.45, 2.75) is 45.1 Å². The number of alkyl carbamates (subject to hydrolysis) is 1. The first-order valence-corrected chi connectivity index (χ1v) is 9.25. The zero-order chi connectivity index (χ0) is 17.5. The number of carbonyl (C=O) groups excluding carboxylic acids is 1. The van der Waals surface area contributed by atoms with Gasteiger partial charge in [-0.15, -0.1) is 0 Å². The maximum Gasteiger partial charge on any atom is 0.407 e. The number of ether oxygens (including phenoxy) is 1. The summed E-state index contributed by atoms with van der Waals surface area (Å²) in [6, 6.07) is 8.13. The van der Waals surface area contributed by atoms with Crippen LogP contribution in [0.1, 0.15) is 38.3 Å². The summed E-state index contributed by atoms with van der Waals surface area (Å²) in [6.45, 7) is 7.86. The summed E-state index contributed by atoms with van der Waals surface area (Å²) in [5.74, 6) is 0.907. The van der Waals surface area contributed by atoms with E-state index in [4.69, 9.17) is 4.74 Å². The Morgan fingerprint density at radius 3 is 2.35 bits per heavy atom. The van der Waals surface area contributed by atoms with E-state index >= 15 is 0 Å². The van der Waals surface area contributed by atoms with Gasteiger partial charge in [-0.25, -0.2) is 4.79 Å². The standard InChI is InChI=1S/C18H29NO3S/c1-14-6-8-15(9-7-14)18(13-20,10-11-23-5)12-19-16(21)22-17(2,3)4/h6-9,20H,10-13H2,1-5H3,(H,19,21). The fourth-order valence-electron chi connectivity index (χ4n) is 2.32. The third-order valence-electron chi connectivity index (χ3n) is 3.72. The molecule has 0 aliphatic rings. The molecule has 130 valence electrons. The van der Waals surface area contributed by atoms with Crippen LogP contribution in [0.2, 0.25) is 0 Å². The first-order valence-electron chi connectivity index (χ1n) is 7.86. The average molecular weight is 340 g/mol. The lowest BCUT2D eigenvalue weighted by atomic mass is 9.78. The predicted octanol–water partition coefficient (Wildman–Crippen LogP) is 3.50. The second-order valence-corrected chi connectivity index (χ2v) is 7.89. The van der Waals surface area contributed by atoms with Gasteiger partial charge in [-0.2, -0.15) is 11.8 Å². The van der Waals surface area contributed by atoms with Gasteiger partial charge in [0.05, 0.1) is 6.61 Å². The largest absolute Gasteiger partial charge is 0.444 e. The summed E-state index contributed by atoms with van der Waals surface area (Å²) in [4.78, 5) is 12.0. The van der Waals surface area contributed by atoms with Crippen molar-refractivity contribution in [1.82, 2.24) is 5.32 Å². The highest BCUT2D eigenvalue weighted by molar-refractivity contribution is 7.98. The Balaban J connectivity index is 2.91. The lowest BCUT2D eigenvalue weighted by Crippen LogP contribution is -2.45. The zero-order valence-corrected chi connectivity index (χ0v) is 15.6. The summed E-state index contributed by atoms with van der Waals surface area (Å²) in [7, 11) is 0. The Morgan fingerprint density at radius 1 is 1.26 bits per heavy atom. The van der Waals surface area contributed by atoms with Crippen LogP contribution in [-0.4, -0.2) is 42.0 Å². The molecule has 0 aromatic heterocycles. The number of nitrogens with one attached hydrogen (secondary N) is 1. The average Bonchev–Trinajstić information content (AvgIpc) is 2.47. The lowest BCUT2D eigenvalue weighted by Gasteiger charge is -2.33. The Kier molecular flexibility index (Phi) is 7.42. The Morgan fingerprint density at radius 2 is 1.87 bits per heavy atom. The highest BCUT2D eigenvalue weighted by Crippen LogP contribution is 2.29. The van der Waals surface area contributed by atoms with E-state index in [2.05, 4.69) is 5.32 Å². The highest BCUT2D eigenvalue weighted by Gasteiger charge is 2.32. The molecule has 0 radical (unpaired) electrons. The van der Waals surface area contributed by atoms with Crippen LogP contribution in [0.15, 0.2) is 24.3 Å². The van der Waals surface area contributed by atoms with Gasteiger partial charge in [0, 0.05) is 12.0 Å². The molecule has 1 unspecified atom stereocenters. The second-order valence-electron chi connectivity index (χ2n) is 6.90.